The lowest BCUT2D eigenvalue weighted by atomic mass is 10.1. The van der Waals surface area contributed by atoms with Gasteiger partial charge in [0.1, 0.15) is 12.4 Å². The van der Waals surface area contributed by atoms with E-state index in [2.05, 4.69) is 0 Å². The average molecular weight is 288 g/mol. The summed E-state index contributed by atoms with van der Waals surface area (Å²) in [6, 6.07) is 13.4. The largest absolute Gasteiger partial charge is 0.497 e. The topological polar surface area (TPSA) is 87.6 Å². The van der Waals surface area contributed by atoms with Gasteiger partial charge < -0.3 is 15.2 Å². The van der Waals surface area contributed by atoms with E-state index in [0.717, 1.165) is 5.56 Å². The predicted molar refractivity (Wildman–Crippen MR) is 78.5 cm³/mol. The van der Waals surface area contributed by atoms with Gasteiger partial charge in [0, 0.05) is 12.1 Å². The first-order valence-corrected chi connectivity index (χ1v) is 6.37. The second-order valence-electron chi connectivity index (χ2n) is 4.42. The average Bonchev–Trinajstić information content (AvgIpc) is 2.52. The molecule has 0 aromatic heterocycles. The van der Waals surface area contributed by atoms with Crippen LogP contribution in [0.25, 0.3) is 0 Å². The molecular formula is C15H16N2O4. The van der Waals surface area contributed by atoms with Crippen LogP contribution in [0.1, 0.15) is 11.6 Å². The first kappa shape index (κ1) is 14.8. The van der Waals surface area contributed by atoms with Crippen LogP contribution in [-0.2, 0) is 0 Å². The molecule has 110 valence electrons. The Bertz CT molecular complexity index is 616. The molecule has 6 heteroatoms. The lowest BCUT2D eigenvalue weighted by Gasteiger charge is -2.14. The summed E-state index contributed by atoms with van der Waals surface area (Å²) in [4.78, 5) is 10.5. The number of hydrogen-bond donors (Lipinski definition) is 1. The highest BCUT2D eigenvalue weighted by atomic mass is 16.6. The number of nitrogens with two attached hydrogens (primary N) is 1. The van der Waals surface area contributed by atoms with E-state index in [1.54, 1.807) is 0 Å². The van der Waals surface area contributed by atoms with Crippen LogP contribution in [0, 0.1) is 10.1 Å². The fourth-order valence-corrected chi connectivity index (χ4v) is 1.86. The zero-order chi connectivity index (χ0) is 15.2. The highest BCUT2D eigenvalue weighted by Gasteiger charge is 2.17. The van der Waals surface area contributed by atoms with Crippen LogP contribution in [0.2, 0.25) is 0 Å². The normalized spacial score (nSPS) is 11.7. The molecular weight excluding hydrogens is 272 g/mol. The van der Waals surface area contributed by atoms with Crippen molar-refractivity contribution in [2.75, 3.05) is 13.7 Å². The van der Waals surface area contributed by atoms with Crippen LogP contribution in [0.4, 0.5) is 5.69 Å². The molecule has 21 heavy (non-hydrogen) atoms. The molecule has 1 unspecified atom stereocenters. The summed E-state index contributed by atoms with van der Waals surface area (Å²) in [7, 11) is 1.49. The molecule has 1 atom stereocenters. The smallest absolute Gasteiger partial charge is 0.311 e. The molecule has 0 fully saturated rings. The second kappa shape index (κ2) is 6.71. The molecule has 2 rings (SSSR count). The summed E-state index contributed by atoms with van der Waals surface area (Å²) in [5, 5.41) is 11.0. The van der Waals surface area contributed by atoms with Gasteiger partial charge in [-0.1, -0.05) is 30.3 Å². The number of benzene rings is 2. The van der Waals surface area contributed by atoms with Crippen molar-refractivity contribution in [3.63, 3.8) is 0 Å². The van der Waals surface area contributed by atoms with Crippen molar-refractivity contribution in [3.05, 3.63) is 64.2 Å². The summed E-state index contributed by atoms with van der Waals surface area (Å²) in [6.45, 7) is 0.137. The number of nitro benzene ring substituents is 1. The van der Waals surface area contributed by atoms with Crippen LogP contribution in [0.15, 0.2) is 48.5 Å². The minimum Gasteiger partial charge on any atom is -0.497 e. The first-order chi connectivity index (χ1) is 10.1. The fraction of sp³-hybridized carbons (Fsp3) is 0.200. The molecule has 0 aliphatic heterocycles. The Balaban J connectivity index is 2.13. The van der Waals surface area contributed by atoms with Crippen molar-refractivity contribution >= 4 is 5.69 Å². The van der Waals surface area contributed by atoms with Gasteiger partial charge in [0.25, 0.3) is 0 Å². The molecule has 0 saturated heterocycles. The monoisotopic (exact) mass is 288 g/mol. The van der Waals surface area contributed by atoms with E-state index in [-0.39, 0.29) is 24.1 Å². The number of methoxy groups -OCH3 is 1. The number of hydrogen-bond acceptors (Lipinski definition) is 5. The molecule has 0 saturated carbocycles. The molecule has 0 heterocycles. The number of nitrogens with zero attached hydrogens (tertiary/aromatic N) is 1. The Labute approximate surface area is 122 Å². The fourth-order valence-electron chi connectivity index (χ4n) is 1.86. The lowest BCUT2D eigenvalue weighted by Crippen LogP contribution is -2.19. The van der Waals surface area contributed by atoms with Gasteiger partial charge >= 0.3 is 5.69 Å². The van der Waals surface area contributed by atoms with Crippen molar-refractivity contribution < 1.29 is 14.4 Å². The van der Waals surface area contributed by atoms with E-state index in [4.69, 9.17) is 15.2 Å². The molecule has 0 spiro atoms. The van der Waals surface area contributed by atoms with Crippen LogP contribution in [0.3, 0.4) is 0 Å². The molecule has 0 radical (unpaired) electrons. The summed E-state index contributed by atoms with van der Waals surface area (Å²) in [6.07, 6.45) is 0. The molecule has 6 nitrogen and oxygen atoms in total. The minimum atomic E-state index is -0.497. The first-order valence-electron chi connectivity index (χ1n) is 6.37. The number of ether oxygens (including phenoxy) is 2. The third-order valence-electron chi connectivity index (χ3n) is 3.01. The van der Waals surface area contributed by atoms with E-state index in [9.17, 15) is 10.1 Å². The molecule has 2 N–H and O–H groups in total. The summed E-state index contributed by atoms with van der Waals surface area (Å²) in [5.74, 6) is 0.634. The van der Waals surface area contributed by atoms with Gasteiger partial charge in [0.05, 0.1) is 18.1 Å². The third kappa shape index (κ3) is 3.70. The van der Waals surface area contributed by atoms with E-state index < -0.39 is 4.92 Å². The molecule has 2 aromatic carbocycles. The van der Waals surface area contributed by atoms with Gasteiger partial charge in [-0.3, -0.25) is 10.1 Å². The van der Waals surface area contributed by atoms with Crippen molar-refractivity contribution in [3.8, 4) is 11.5 Å². The molecule has 0 bridgehead atoms. The summed E-state index contributed by atoms with van der Waals surface area (Å²) in [5.41, 5.74) is 6.80. The Morgan fingerprint density at radius 2 is 1.95 bits per heavy atom. The second-order valence-corrected chi connectivity index (χ2v) is 4.42. The van der Waals surface area contributed by atoms with Gasteiger partial charge in [-0.15, -0.1) is 0 Å². The maximum Gasteiger partial charge on any atom is 0.311 e. The van der Waals surface area contributed by atoms with E-state index in [0.29, 0.717) is 5.75 Å². The zero-order valence-corrected chi connectivity index (χ0v) is 11.6. The zero-order valence-electron chi connectivity index (χ0n) is 11.6. The Hall–Kier alpha value is -2.60. The number of rotatable bonds is 6. The Kier molecular flexibility index (Phi) is 4.73. The quantitative estimate of drug-likeness (QED) is 0.652. The number of nitro groups is 1. The minimum absolute atomic E-state index is 0.115. The van der Waals surface area contributed by atoms with E-state index in [1.807, 2.05) is 30.3 Å². The molecule has 2 aromatic rings. The predicted octanol–water partition coefficient (Wildman–Crippen LogP) is 2.68. The Morgan fingerprint density at radius 1 is 1.24 bits per heavy atom. The molecule has 0 amide bonds. The van der Waals surface area contributed by atoms with Crippen LogP contribution < -0.4 is 15.2 Å². The maximum atomic E-state index is 11.0. The standard InChI is InChI=1S/C15H16N2O4/c1-20-12-7-8-14(17(18)19)15(9-12)21-10-13(16)11-5-3-2-4-6-11/h2-9,13H,10,16H2,1H3. The van der Waals surface area contributed by atoms with Crippen LogP contribution in [0.5, 0.6) is 11.5 Å². The van der Waals surface area contributed by atoms with Gasteiger partial charge in [0.15, 0.2) is 0 Å². The van der Waals surface area contributed by atoms with E-state index in [1.165, 1.54) is 25.3 Å². The van der Waals surface area contributed by atoms with Crippen molar-refractivity contribution in [1.82, 2.24) is 0 Å². The third-order valence-corrected chi connectivity index (χ3v) is 3.01. The van der Waals surface area contributed by atoms with Crippen LogP contribution in [-0.4, -0.2) is 18.6 Å². The van der Waals surface area contributed by atoms with Crippen molar-refractivity contribution in [2.24, 2.45) is 5.73 Å². The summed E-state index contributed by atoms with van der Waals surface area (Å²) < 4.78 is 10.6. The van der Waals surface area contributed by atoms with Crippen LogP contribution >= 0.6 is 0 Å². The van der Waals surface area contributed by atoms with E-state index >= 15 is 0 Å². The molecule has 0 aliphatic rings. The van der Waals surface area contributed by atoms with Gasteiger partial charge in [0.2, 0.25) is 5.75 Å². The van der Waals surface area contributed by atoms with Gasteiger partial charge in [-0.05, 0) is 11.6 Å². The van der Waals surface area contributed by atoms with Crippen molar-refractivity contribution in [2.45, 2.75) is 6.04 Å². The SMILES string of the molecule is COc1ccc([N+](=O)[O-])c(OCC(N)c2ccccc2)c1. The van der Waals surface area contributed by atoms with Gasteiger partial charge in [-0.2, -0.15) is 0 Å². The van der Waals surface area contributed by atoms with Gasteiger partial charge in [-0.25, -0.2) is 0 Å². The van der Waals surface area contributed by atoms with Crippen molar-refractivity contribution in [1.29, 1.82) is 0 Å². The highest BCUT2D eigenvalue weighted by molar-refractivity contribution is 5.50. The molecule has 0 aliphatic carbocycles. The highest BCUT2D eigenvalue weighted by Crippen LogP contribution is 2.31. The lowest BCUT2D eigenvalue weighted by molar-refractivity contribution is -0.385. The maximum absolute atomic E-state index is 11.0. The Morgan fingerprint density at radius 3 is 2.57 bits per heavy atom. The summed E-state index contributed by atoms with van der Waals surface area (Å²) >= 11 is 0.